The number of aryl methyl sites for hydroxylation is 1. The number of hydrogen-bond donors (Lipinski definition) is 2. The van der Waals surface area contributed by atoms with Crippen molar-refractivity contribution in [3.8, 4) is 5.75 Å². The summed E-state index contributed by atoms with van der Waals surface area (Å²) in [7, 11) is 3.37. The minimum absolute atomic E-state index is 0.508. The van der Waals surface area contributed by atoms with E-state index in [4.69, 9.17) is 4.74 Å². The number of ether oxygens (including phenoxy) is 1. The van der Waals surface area contributed by atoms with Gasteiger partial charge in [-0.2, -0.15) is 5.10 Å². The molecule has 0 bridgehead atoms. The molecule has 1 aromatic heterocycles. The van der Waals surface area contributed by atoms with Gasteiger partial charge in [0.15, 0.2) is 5.75 Å². The second kappa shape index (κ2) is 5.86. The molecule has 0 aliphatic carbocycles. The zero-order valence-electron chi connectivity index (χ0n) is 10.4. The number of aliphatic hydroxyl groups is 1. The van der Waals surface area contributed by atoms with E-state index in [1.54, 1.807) is 25.0 Å². The zero-order valence-corrected chi connectivity index (χ0v) is 10.4. The van der Waals surface area contributed by atoms with Crippen molar-refractivity contribution in [2.45, 2.75) is 20.0 Å². The van der Waals surface area contributed by atoms with E-state index in [0.717, 1.165) is 6.54 Å². The van der Waals surface area contributed by atoms with Crippen LogP contribution in [0.1, 0.15) is 25.6 Å². The van der Waals surface area contributed by atoms with Gasteiger partial charge in [0.2, 0.25) is 0 Å². The molecule has 1 unspecified atom stereocenters. The monoisotopic (exact) mass is 227 g/mol. The lowest BCUT2D eigenvalue weighted by Crippen LogP contribution is -2.26. The Morgan fingerprint density at radius 1 is 1.50 bits per heavy atom. The van der Waals surface area contributed by atoms with Crippen molar-refractivity contribution in [3.63, 3.8) is 0 Å². The molecule has 5 nitrogen and oxygen atoms in total. The summed E-state index contributed by atoms with van der Waals surface area (Å²) in [5.74, 6) is 1.20. The Kier molecular flexibility index (Phi) is 4.76. The SMILES string of the molecule is COc1cnn(C)c1C(O)CNCC(C)C. The van der Waals surface area contributed by atoms with Crippen LogP contribution in [0.2, 0.25) is 0 Å². The summed E-state index contributed by atoms with van der Waals surface area (Å²) in [6, 6.07) is 0. The van der Waals surface area contributed by atoms with Crippen LogP contribution in [0.3, 0.4) is 0 Å². The average molecular weight is 227 g/mol. The lowest BCUT2D eigenvalue weighted by atomic mass is 10.2. The van der Waals surface area contributed by atoms with Crippen molar-refractivity contribution in [1.82, 2.24) is 15.1 Å². The number of nitrogens with zero attached hydrogens (tertiary/aromatic N) is 2. The standard InChI is InChI=1S/C11H21N3O2/c1-8(2)5-12-6-9(15)11-10(16-4)7-13-14(11)3/h7-9,12,15H,5-6H2,1-4H3. The van der Waals surface area contributed by atoms with E-state index in [0.29, 0.717) is 23.9 Å². The zero-order chi connectivity index (χ0) is 12.1. The summed E-state index contributed by atoms with van der Waals surface area (Å²) >= 11 is 0. The van der Waals surface area contributed by atoms with E-state index in [9.17, 15) is 5.11 Å². The Morgan fingerprint density at radius 2 is 2.19 bits per heavy atom. The molecule has 1 atom stereocenters. The molecule has 1 heterocycles. The van der Waals surface area contributed by atoms with Gasteiger partial charge in [-0.3, -0.25) is 4.68 Å². The molecule has 0 amide bonds. The highest BCUT2D eigenvalue weighted by atomic mass is 16.5. The molecular formula is C11H21N3O2. The fourth-order valence-corrected chi connectivity index (χ4v) is 1.57. The molecule has 0 aliphatic rings. The molecule has 0 spiro atoms. The molecule has 0 radical (unpaired) electrons. The number of aromatic nitrogens is 2. The summed E-state index contributed by atoms with van der Waals surface area (Å²) in [6.45, 7) is 5.65. The highest BCUT2D eigenvalue weighted by Gasteiger charge is 2.17. The molecule has 0 saturated heterocycles. The van der Waals surface area contributed by atoms with E-state index < -0.39 is 6.10 Å². The van der Waals surface area contributed by atoms with E-state index in [1.807, 2.05) is 0 Å². The first-order valence-electron chi connectivity index (χ1n) is 5.51. The Labute approximate surface area is 96.4 Å². The summed E-state index contributed by atoms with van der Waals surface area (Å²) < 4.78 is 6.78. The number of hydrogen-bond acceptors (Lipinski definition) is 4. The Balaban J connectivity index is 2.58. The van der Waals surface area contributed by atoms with Crippen LogP contribution in [0.15, 0.2) is 6.20 Å². The van der Waals surface area contributed by atoms with E-state index in [-0.39, 0.29) is 0 Å². The topological polar surface area (TPSA) is 59.3 Å². The maximum atomic E-state index is 10.0. The van der Waals surface area contributed by atoms with Crippen molar-refractivity contribution < 1.29 is 9.84 Å². The molecule has 5 heteroatoms. The fourth-order valence-electron chi connectivity index (χ4n) is 1.57. The van der Waals surface area contributed by atoms with Gasteiger partial charge in [-0.25, -0.2) is 0 Å². The minimum atomic E-state index is -0.596. The van der Waals surface area contributed by atoms with Crippen LogP contribution in [-0.2, 0) is 7.05 Å². The smallest absolute Gasteiger partial charge is 0.162 e. The predicted octanol–water partition coefficient (Wildman–Crippen LogP) is 0.708. The average Bonchev–Trinajstić information content (AvgIpc) is 2.58. The molecule has 92 valence electrons. The summed E-state index contributed by atoms with van der Waals surface area (Å²) in [5, 5.41) is 17.3. The Morgan fingerprint density at radius 3 is 2.75 bits per heavy atom. The predicted molar refractivity (Wildman–Crippen MR) is 62.4 cm³/mol. The third kappa shape index (κ3) is 3.21. The molecule has 16 heavy (non-hydrogen) atoms. The second-order valence-electron chi connectivity index (χ2n) is 4.29. The van der Waals surface area contributed by atoms with Crippen LogP contribution < -0.4 is 10.1 Å². The third-order valence-corrected chi connectivity index (χ3v) is 2.38. The maximum absolute atomic E-state index is 10.0. The van der Waals surface area contributed by atoms with E-state index in [2.05, 4.69) is 24.3 Å². The lowest BCUT2D eigenvalue weighted by molar-refractivity contribution is 0.160. The molecule has 0 aliphatic heterocycles. The molecule has 0 saturated carbocycles. The largest absolute Gasteiger partial charge is 0.493 e. The van der Waals surface area contributed by atoms with E-state index in [1.165, 1.54) is 0 Å². The van der Waals surface area contributed by atoms with Gasteiger partial charge in [0.1, 0.15) is 11.8 Å². The fraction of sp³-hybridized carbons (Fsp3) is 0.727. The second-order valence-corrected chi connectivity index (χ2v) is 4.29. The number of methoxy groups -OCH3 is 1. The van der Waals surface area contributed by atoms with Crippen molar-refractivity contribution in [1.29, 1.82) is 0 Å². The first-order valence-corrected chi connectivity index (χ1v) is 5.51. The molecule has 0 aromatic carbocycles. The van der Waals surface area contributed by atoms with Crippen LogP contribution in [0, 0.1) is 5.92 Å². The summed E-state index contributed by atoms with van der Waals surface area (Å²) in [4.78, 5) is 0. The van der Waals surface area contributed by atoms with E-state index >= 15 is 0 Å². The van der Waals surface area contributed by atoms with Crippen molar-refractivity contribution in [2.75, 3.05) is 20.2 Å². The normalized spacial score (nSPS) is 13.1. The summed E-state index contributed by atoms with van der Waals surface area (Å²) in [5.41, 5.74) is 0.707. The quantitative estimate of drug-likeness (QED) is 0.751. The molecule has 1 aromatic rings. The molecule has 0 fully saturated rings. The van der Waals surface area contributed by atoms with Gasteiger partial charge in [-0.1, -0.05) is 13.8 Å². The molecule has 1 rings (SSSR count). The van der Waals surface area contributed by atoms with Gasteiger partial charge in [-0.05, 0) is 12.5 Å². The maximum Gasteiger partial charge on any atom is 0.162 e. The number of aliphatic hydroxyl groups excluding tert-OH is 1. The van der Waals surface area contributed by atoms with Crippen LogP contribution in [0.25, 0.3) is 0 Å². The van der Waals surface area contributed by atoms with Gasteiger partial charge in [0, 0.05) is 13.6 Å². The van der Waals surface area contributed by atoms with Crippen molar-refractivity contribution in [3.05, 3.63) is 11.9 Å². The van der Waals surface area contributed by atoms with Crippen molar-refractivity contribution in [2.24, 2.45) is 13.0 Å². The van der Waals surface area contributed by atoms with Gasteiger partial charge in [0.25, 0.3) is 0 Å². The van der Waals surface area contributed by atoms with Gasteiger partial charge < -0.3 is 15.2 Å². The molecular weight excluding hydrogens is 206 g/mol. The first-order chi connectivity index (χ1) is 7.56. The van der Waals surface area contributed by atoms with Crippen molar-refractivity contribution >= 4 is 0 Å². The lowest BCUT2D eigenvalue weighted by Gasteiger charge is -2.14. The van der Waals surface area contributed by atoms with Gasteiger partial charge in [-0.15, -0.1) is 0 Å². The minimum Gasteiger partial charge on any atom is -0.493 e. The Hall–Kier alpha value is -1.07. The highest BCUT2D eigenvalue weighted by Crippen LogP contribution is 2.23. The molecule has 2 N–H and O–H groups in total. The van der Waals surface area contributed by atoms with Crippen LogP contribution in [0.4, 0.5) is 0 Å². The van der Waals surface area contributed by atoms with Crippen LogP contribution in [-0.4, -0.2) is 35.1 Å². The Bertz CT molecular complexity index is 323. The van der Waals surface area contributed by atoms with Gasteiger partial charge in [0.05, 0.1) is 13.3 Å². The number of rotatable bonds is 6. The number of nitrogens with one attached hydrogen (secondary N) is 1. The van der Waals surface area contributed by atoms with Crippen LogP contribution in [0.5, 0.6) is 5.75 Å². The van der Waals surface area contributed by atoms with Crippen LogP contribution >= 0.6 is 0 Å². The first kappa shape index (κ1) is 13.0. The van der Waals surface area contributed by atoms with Gasteiger partial charge >= 0.3 is 0 Å². The highest BCUT2D eigenvalue weighted by molar-refractivity contribution is 5.27. The summed E-state index contributed by atoms with van der Waals surface area (Å²) in [6.07, 6.45) is 1.02. The third-order valence-electron chi connectivity index (χ3n) is 2.38.